The second kappa shape index (κ2) is 8.93. The lowest BCUT2D eigenvalue weighted by atomic mass is 9.76. The van der Waals surface area contributed by atoms with Crippen molar-refractivity contribution >= 4 is 7.82 Å². The fourth-order valence-electron chi connectivity index (χ4n) is 5.06. The molecule has 0 bridgehead atoms. The standard InChI is InChI=1S/C24H45O4P/c1-22(2)13-7-19(8-14-22)26-29(25,27-20-9-15-23(3,4)16-10-20)28-21-11-17-24(5,6)18-12-21/h19-21H,7-18H2,1-6H3. The van der Waals surface area contributed by atoms with Crippen molar-refractivity contribution < 1.29 is 18.1 Å². The predicted octanol–water partition coefficient (Wildman–Crippen LogP) is 8.05. The van der Waals surface area contributed by atoms with Crippen molar-refractivity contribution in [2.75, 3.05) is 0 Å². The number of rotatable bonds is 6. The van der Waals surface area contributed by atoms with E-state index in [-0.39, 0.29) is 18.3 Å². The smallest absolute Gasteiger partial charge is 0.284 e. The van der Waals surface area contributed by atoms with Gasteiger partial charge in [-0.2, -0.15) is 0 Å². The summed E-state index contributed by atoms with van der Waals surface area (Å²) in [5, 5.41) is 0. The van der Waals surface area contributed by atoms with Crippen LogP contribution in [0.5, 0.6) is 0 Å². The van der Waals surface area contributed by atoms with Gasteiger partial charge in [-0.25, -0.2) is 4.57 Å². The van der Waals surface area contributed by atoms with Gasteiger partial charge in [0.25, 0.3) is 0 Å². The Kier molecular flexibility index (Phi) is 7.32. The molecule has 0 heterocycles. The van der Waals surface area contributed by atoms with Gasteiger partial charge in [-0.05, 0) is 93.3 Å². The molecule has 0 atom stereocenters. The first-order chi connectivity index (χ1) is 13.4. The first kappa shape index (κ1) is 23.8. The molecule has 0 aliphatic heterocycles. The zero-order valence-corrected chi connectivity index (χ0v) is 20.7. The molecule has 0 N–H and O–H groups in total. The second-order valence-corrected chi connectivity index (χ2v) is 13.9. The van der Waals surface area contributed by atoms with E-state index in [9.17, 15) is 4.57 Å². The van der Waals surface area contributed by atoms with E-state index < -0.39 is 7.82 Å². The summed E-state index contributed by atoms with van der Waals surface area (Å²) in [5.74, 6) is 0. The Labute approximate surface area is 179 Å². The Morgan fingerprint density at radius 1 is 0.517 bits per heavy atom. The number of hydrogen-bond donors (Lipinski definition) is 0. The molecule has 0 aromatic rings. The maximum Gasteiger partial charge on any atom is 0.475 e. The molecule has 0 aromatic carbocycles. The largest absolute Gasteiger partial charge is 0.475 e. The van der Waals surface area contributed by atoms with E-state index in [0.29, 0.717) is 16.2 Å². The Hall–Kier alpha value is 0.110. The molecule has 0 radical (unpaired) electrons. The zero-order chi connectivity index (χ0) is 21.3. The molecule has 0 unspecified atom stereocenters. The molecule has 3 fully saturated rings. The van der Waals surface area contributed by atoms with Gasteiger partial charge in [0.05, 0.1) is 18.3 Å². The lowest BCUT2D eigenvalue weighted by Crippen LogP contribution is -2.31. The minimum Gasteiger partial charge on any atom is -0.284 e. The van der Waals surface area contributed by atoms with E-state index in [2.05, 4.69) is 41.5 Å². The third-order valence-electron chi connectivity index (χ3n) is 7.69. The highest BCUT2D eigenvalue weighted by atomic mass is 31.2. The minimum absolute atomic E-state index is 0.00563. The normalized spacial score (nSPS) is 29.0. The summed E-state index contributed by atoms with van der Waals surface area (Å²) in [5.41, 5.74) is 1.07. The molecule has 3 rings (SSSR count). The lowest BCUT2D eigenvalue weighted by Gasteiger charge is -2.39. The number of phosphoric ester groups is 1. The Bertz CT molecular complexity index is 487. The summed E-state index contributed by atoms with van der Waals surface area (Å²) in [4.78, 5) is 0. The van der Waals surface area contributed by atoms with E-state index in [1.165, 1.54) is 0 Å². The summed E-state index contributed by atoms with van der Waals surface area (Å²) in [6.45, 7) is 13.9. The van der Waals surface area contributed by atoms with Gasteiger partial charge in [0.1, 0.15) is 0 Å². The molecule has 0 aromatic heterocycles. The van der Waals surface area contributed by atoms with Crippen molar-refractivity contribution in [2.24, 2.45) is 16.2 Å². The van der Waals surface area contributed by atoms with Gasteiger partial charge in [0.15, 0.2) is 0 Å². The summed E-state index contributed by atoms with van der Waals surface area (Å²) in [6, 6.07) is 0. The Balaban J connectivity index is 1.63. The predicted molar refractivity (Wildman–Crippen MR) is 119 cm³/mol. The summed E-state index contributed by atoms with van der Waals surface area (Å²) < 4.78 is 32.4. The quantitative estimate of drug-likeness (QED) is 0.401. The Morgan fingerprint density at radius 2 is 0.724 bits per heavy atom. The first-order valence-corrected chi connectivity index (χ1v) is 13.5. The molecule has 170 valence electrons. The highest BCUT2D eigenvalue weighted by Crippen LogP contribution is 2.58. The van der Waals surface area contributed by atoms with Gasteiger partial charge in [-0.1, -0.05) is 41.5 Å². The average Bonchev–Trinajstić information content (AvgIpc) is 2.61. The molecule has 0 spiro atoms. The molecule has 3 saturated carbocycles. The van der Waals surface area contributed by atoms with Crippen LogP contribution >= 0.6 is 7.82 Å². The van der Waals surface area contributed by atoms with Crippen molar-refractivity contribution in [1.82, 2.24) is 0 Å². The van der Waals surface area contributed by atoms with Crippen molar-refractivity contribution in [3.63, 3.8) is 0 Å². The maximum absolute atomic E-state index is 13.8. The van der Waals surface area contributed by atoms with Gasteiger partial charge in [-0.3, -0.25) is 13.6 Å². The van der Waals surface area contributed by atoms with Gasteiger partial charge >= 0.3 is 7.82 Å². The average molecular weight is 429 g/mol. The topological polar surface area (TPSA) is 44.8 Å². The number of phosphoric acid groups is 1. The van der Waals surface area contributed by atoms with Gasteiger partial charge in [0, 0.05) is 0 Å². The molecule has 4 nitrogen and oxygen atoms in total. The summed E-state index contributed by atoms with van der Waals surface area (Å²) in [7, 11) is -3.55. The molecular weight excluding hydrogens is 383 g/mol. The minimum atomic E-state index is -3.55. The SMILES string of the molecule is CC1(C)CCC(OP(=O)(OC2CCC(C)(C)CC2)OC2CCC(C)(C)CC2)CC1. The summed E-state index contributed by atoms with van der Waals surface area (Å²) >= 11 is 0. The molecule has 3 aliphatic rings. The summed E-state index contributed by atoms with van der Waals surface area (Å²) in [6.07, 6.45) is 12.3. The lowest BCUT2D eigenvalue weighted by molar-refractivity contribution is -0.0158. The van der Waals surface area contributed by atoms with Crippen molar-refractivity contribution in [1.29, 1.82) is 0 Å². The molecular formula is C24H45O4P. The van der Waals surface area contributed by atoms with Crippen LogP contribution in [0.25, 0.3) is 0 Å². The Morgan fingerprint density at radius 3 is 0.931 bits per heavy atom. The molecule has 0 saturated heterocycles. The van der Waals surface area contributed by atoms with E-state index in [1.807, 2.05) is 0 Å². The van der Waals surface area contributed by atoms with E-state index in [4.69, 9.17) is 13.6 Å². The van der Waals surface area contributed by atoms with E-state index >= 15 is 0 Å². The third-order valence-corrected chi connectivity index (χ3v) is 9.36. The first-order valence-electron chi connectivity index (χ1n) is 12.0. The monoisotopic (exact) mass is 428 g/mol. The van der Waals surface area contributed by atoms with Crippen molar-refractivity contribution in [3.8, 4) is 0 Å². The van der Waals surface area contributed by atoms with Gasteiger partial charge < -0.3 is 0 Å². The van der Waals surface area contributed by atoms with E-state index in [0.717, 1.165) is 77.0 Å². The van der Waals surface area contributed by atoms with Crippen LogP contribution in [0, 0.1) is 16.2 Å². The van der Waals surface area contributed by atoms with E-state index in [1.54, 1.807) is 0 Å². The van der Waals surface area contributed by atoms with Gasteiger partial charge in [-0.15, -0.1) is 0 Å². The van der Waals surface area contributed by atoms with Crippen molar-refractivity contribution in [3.05, 3.63) is 0 Å². The fraction of sp³-hybridized carbons (Fsp3) is 1.00. The molecule has 3 aliphatic carbocycles. The second-order valence-electron chi connectivity index (χ2n) is 12.4. The van der Waals surface area contributed by atoms with Crippen LogP contribution in [-0.4, -0.2) is 18.3 Å². The van der Waals surface area contributed by atoms with Crippen LogP contribution in [0.3, 0.4) is 0 Å². The maximum atomic E-state index is 13.8. The fourth-order valence-corrected chi connectivity index (χ4v) is 6.93. The number of hydrogen-bond acceptors (Lipinski definition) is 4. The van der Waals surface area contributed by atoms with Crippen LogP contribution in [0.15, 0.2) is 0 Å². The van der Waals surface area contributed by atoms with Crippen LogP contribution < -0.4 is 0 Å². The molecule has 5 heteroatoms. The zero-order valence-electron chi connectivity index (χ0n) is 19.8. The molecule has 0 amide bonds. The van der Waals surface area contributed by atoms with Crippen LogP contribution in [0.1, 0.15) is 119 Å². The van der Waals surface area contributed by atoms with Crippen LogP contribution in [0.4, 0.5) is 0 Å². The van der Waals surface area contributed by atoms with Crippen molar-refractivity contribution in [2.45, 2.75) is 137 Å². The highest BCUT2D eigenvalue weighted by Gasteiger charge is 2.41. The highest BCUT2D eigenvalue weighted by molar-refractivity contribution is 7.48. The third kappa shape index (κ3) is 7.34. The molecule has 29 heavy (non-hydrogen) atoms. The van der Waals surface area contributed by atoms with Gasteiger partial charge in [0.2, 0.25) is 0 Å². The van der Waals surface area contributed by atoms with Crippen LogP contribution in [0.2, 0.25) is 0 Å². The van der Waals surface area contributed by atoms with Crippen LogP contribution in [-0.2, 0) is 18.1 Å².